The number of sulfone groups is 1. The summed E-state index contributed by atoms with van der Waals surface area (Å²) in [5.74, 6) is -0.917. The molecule has 152 valence electrons. The number of aliphatic imine (C=N–C) groups is 1. The van der Waals surface area contributed by atoms with Crippen LogP contribution in [0.2, 0.25) is 0 Å². The van der Waals surface area contributed by atoms with Crippen LogP contribution in [0.3, 0.4) is 0 Å². The molecule has 0 saturated carbocycles. The number of carbonyl (C=O) groups excluding carboxylic acids is 1. The van der Waals surface area contributed by atoms with Crippen molar-refractivity contribution in [3.05, 3.63) is 63.9 Å². The van der Waals surface area contributed by atoms with Crippen LogP contribution >= 0.6 is 27.7 Å². The topological polar surface area (TPSA) is 66.8 Å². The zero-order valence-electron chi connectivity index (χ0n) is 15.5. The van der Waals surface area contributed by atoms with Crippen LogP contribution in [0, 0.1) is 12.7 Å². The van der Waals surface area contributed by atoms with Gasteiger partial charge < -0.3 is 4.90 Å². The molecule has 0 radical (unpaired) electrons. The van der Waals surface area contributed by atoms with E-state index in [1.165, 1.54) is 17.8 Å². The van der Waals surface area contributed by atoms with Gasteiger partial charge in [-0.05, 0) is 30.7 Å². The van der Waals surface area contributed by atoms with Crippen molar-refractivity contribution in [2.24, 2.45) is 4.99 Å². The second-order valence-electron chi connectivity index (χ2n) is 7.22. The van der Waals surface area contributed by atoms with Crippen molar-refractivity contribution in [2.75, 3.05) is 16.4 Å². The van der Waals surface area contributed by atoms with Gasteiger partial charge in [-0.2, -0.15) is 4.99 Å². The van der Waals surface area contributed by atoms with Crippen molar-refractivity contribution in [3.63, 3.8) is 0 Å². The summed E-state index contributed by atoms with van der Waals surface area (Å²) in [5.41, 5.74) is 2.13. The van der Waals surface area contributed by atoms with Gasteiger partial charge in [0.05, 0.1) is 29.7 Å². The average Bonchev–Trinajstić information content (AvgIpc) is 3.06. The number of benzene rings is 2. The molecule has 2 aromatic carbocycles. The van der Waals surface area contributed by atoms with E-state index in [2.05, 4.69) is 20.9 Å². The number of rotatable bonds is 3. The van der Waals surface area contributed by atoms with Gasteiger partial charge in [-0.3, -0.25) is 4.79 Å². The molecule has 0 spiro atoms. The molecule has 0 aliphatic carbocycles. The fourth-order valence-corrected chi connectivity index (χ4v) is 7.92. The molecule has 1 amide bonds. The zero-order chi connectivity index (χ0) is 20.8. The Labute approximate surface area is 181 Å². The standard InChI is InChI=1S/C20H18BrFN2O3S2/c1-12-3-2-4-13(7-12)8-19(25)23-20-24(16-6-5-14(21)9-15(16)22)17-10-29(26,27)11-18(17)28-20/h2-7,9,17-18H,8,10-11H2,1H3/t17-,18-/m1/s1. The van der Waals surface area contributed by atoms with Crippen molar-refractivity contribution in [1.82, 2.24) is 0 Å². The summed E-state index contributed by atoms with van der Waals surface area (Å²) in [4.78, 5) is 18.4. The number of anilines is 1. The minimum Gasteiger partial charge on any atom is -0.313 e. The maximum absolute atomic E-state index is 14.7. The molecule has 2 heterocycles. The highest BCUT2D eigenvalue weighted by Crippen LogP contribution is 2.42. The first kappa shape index (κ1) is 20.6. The number of fused-ring (bicyclic) bond motifs is 1. The van der Waals surface area contributed by atoms with Crippen LogP contribution in [0.4, 0.5) is 10.1 Å². The summed E-state index contributed by atoms with van der Waals surface area (Å²) >= 11 is 4.47. The van der Waals surface area contributed by atoms with Gasteiger partial charge in [-0.15, -0.1) is 0 Å². The van der Waals surface area contributed by atoms with Gasteiger partial charge >= 0.3 is 0 Å². The van der Waals surface area contributed by atoms with E-state index in [1.807, 2.05) is 31.2 Å². The molecular weight excluding hydrogens is 479 g/mol. The van der Waals surface area contributed by atoms with Crippen molar-refractivity contribution >= 4 is 54.3 Å². The first-order valence-electron chi connectivity index (χ1n) is 9.00. The third-order valence-electron chi connectivity index (χ3n) is 4.89. The Balaban J connectivity index is 1.67. The summed E-state index contributed by atoms with van der Waals surface area (Å²) in [7, 11) is -3.21. The van der Waals surface area contributed by atoms with Gasteiger partial charge in [0.2, 0.25) is 0 Å². The fraction of sp³-hybridized carbons (Fsp3) is 0.300. The molecule has 4 rings (SSSR count). The maximum atomic E-state index is 14.7. The Hall–Kier alpha value is -1.71. The van der Waals surface area contributed by atoms with Crippen LogP contribution in [-0.2, 0) is 21.1 Å². The van der Waals surface area contributed by atoms with Gasteiger partial charge in [-0.1, -0.05) is 57.5 Å². The van der Waals surface area contributed by atoms with Crippen LogP contribution in [0.15, 0.2) is 51.9 Å². The molecule has 5 nitrogen and oxygen atoms in total. The second kappa shape index (κ2) is 7.85. The van der Waals surface area contributed by atoms with E-state index >= 15 is 0 Å². The first-order valence-corrected chi connectivity index (χ1v) is 12.5. The molecule has 0 unspecified atom stereocenters. The van der Waals surface area contributed by atoms with E-state index in [1.54, 1.807) is 17.0 Å². The van der Waals surface area contributed by atoms with Crippen molar-refractivity contribution in [1.29, 1.82) is 0 Å². The number of halogens is 2. The van der Waals surface area contributed by atoms with E-state index < -0.39 is 21.7 Å². The van der Waals surface area contributed by atoms with Crippen LogP contribution in [-0.4, -0.2) is 42.3 Å². The Morgan fingerprint density at radius 3 is 2.79 bits per heavy atom. The highest BCUT2D eigenvalue weighted by molar-refractivity contribution is 9.10. The number of thioether (sulfide) groups is 1. The van der Waals surface area contributed by atoms with Crippen LogP contribution < -0.4 is 4.90 Å². The molecule has 2 atom stereocenters. The largest absolute Gasteiger partial charge is 0.313 e. The van der Waals surface area contributed by atoms with Gasteiger partial charge in [0.15, 0.2) is 15.0 Å². The van der Waals surface area contributed by atoms with Crippen molar-refractivity contribution in [2.45, 2.75) is 24.6 Å². The lowest BCUT2D eigenvalue weighted by molar-refractivity contribution is -0.117. The predicted octanol–water partition coefficient (Wildman–Crippen LogP) is 3.74. The number of aryl methyl sites for hydroxylation is 1. The zero-order valence-corrected chi connectivity index (χ0v) is 18.7. The minimum atomic E-state index is -3.21. The number of nitrogens with zero attached hydrogens (tertiary/aromatic N) is 2. The van der Waals surface area contributed by atoms with E-state index in [0.29, 0.717) is 9.64 Å². The molecule has 2 fully saturated rings. The number of amides is 1. The number of carbonyl (C=O) groups is 1. The molecule has 9 heteroatoms. The summed E-state index contributed by atoms with van der Waals surface area (Å²) in [6.45, 7) is 1.95. The molecule has 2 saturated heterocycles. The van der Waals surface area contributed by atoms with Gasteiger partial charge in [-0.25, -0.2) is 12.8 Å². The van der Waals surface area contributed by atoms with Gasteiger partial charge in [0, 0.05) is 9.72 Å². The maximum Gasteiger partial charge on any atom is 0.252 e. The van der Waals surface area contributed by atoms with Crippen LogP contribution in [0.5, 0.6) is 0 Å². The summed E-state index contributed by atoms with van der Waals surface area (Å²) in [6, 6.07) is 11.8. The monoisotopic (exact) mass is 496 g/mol. The van der Waals surface area contributed by atoms with Crippen molar-refractivity contribution < 1.29 is 17.6 Å². The molecule has 2 aromatic rings. The van der Waals surface area contributed by atoms with E-state index in [4.69, 9.17) is 0 Å². The molecule has 2 aliphatic rings. The molecule has 2 aliphatic heterocycles. The molecule has 29 heavy (non-hydrogen) atoms. The van der Waals surface area contributed by atoms with Crippen LogP contribution in [0.1, 0.15) is 11.1 Å². The van der Waals surface area contributed by atoms with Crippen LogP contribution in [0.25, 0.3) is 0 Å². The molecule has 0 N–H and O–H groups in total. The third kappa shape index (κ3) is 4.41. The molecule has 0 bridgehead atoms. The fourth-order valence-electron chi connectivity index (χ4n) is 3.67. The lowest BCUT2D eigenvalue weighted by Gasteiger charge is -2.25. The van der Waals surface area contributed by atoms with E-state index in [9.17, 15) is 17.6 Å². The smallest absolute Gasteiger partial charge is 0.252 e. The highest BCUT2D eigenvalue weighted by Gasteiger charge is 2.50. The normalized spacial score (nSPS) is 24.1. The lowest BCUT2D eigenvalue weighted by atomic mass is 10.1. The SMILES string of the molecule is Cc1cccc(CC(=O)N=C2S[C@@H]3CS(=O)(=O)C[C@H]3N2c2ccc(Br)cc2F)c1. The lowest BCUT2D eigenvalue weighted by Crippen LogP contribution is -2.38. The van der Waals surface area contributed by atoms with Gasteiger partial charge in [0.25, 0.3) is 5.91 Å². The summed E-state index contributed by atoms with van der Waals surface area (Å²) < 4.78 is 39.5. The van der Waals surface area contributed by atoms with E-state index in [-0.39, 0.29) is 34.8 Å². The minimum absolute atomic E-state index is 0.00205. The summed E-state index contributed by atoms with van der Waals surface area (Å²) in [5, 5.41) is 0.0855. The first-order chi connectivity index (χ1) is 13.7. The van der Waals surface area contributed by atoms with Gasteiger partial charge in [0.1, 0.15) is 5.82 Å². The van der Waals surface area contributed by atoms with Crippen molar-refractivity contribution in [3.8, 4) is 0 Å². The Kier molecular flexibility index (Phi) is 5.56. The molecular formula is C20H18BrFN2O3S2. The van der Waals surface area contributed by atoms with E-state index in [0.717, 1.165) is 11.1 Å². The quantitative estimate of drug-likeness (QED) is 0.647. The Morgan fingerprint density at radius 2 is 2.07 bits per heavy atom. The molecule has 0 aromatic heterocycles. The highest BCUT2D eigenvalue weighted by atomic mass is 79.9. The average molecular weight is 497 g/mol. The summed E-state index contributed by atoms with van der Waals surface area (Å²) in [6.07, 6.45) is 0.135. The third-order valence-corrected chi connectivity index (χ3v) is 8.60. The Bertz CT molecular complexity index is 1120. The second-order valence-corrected chi connectivity index (χ2v) is 11.5. The number of amidine groups is 1. The number of hydrogen-bond acceptors (Lipinski definition) is 4. The number of hydrogen-bond donors (Lipinski definition) is 0. The Morgan fingerprint density at radius 1 is 1.28 bits per heavy atom. The predicted molar refractivity (Wildman–Crippen MR) is 118 cm³/mol.